The number of anilines is 1. The van der Waals surface area contributed by atoms with E-state index in [2.05, 4.69) is 15.5 Å². The maximum atomic E-state index is 12.3. The zero-order chi connectivity index (χ0) is 18.8. The van der Waals surface area contributed by atoms with Crippen LogP contribution in [0.3, 0.4) is 0 Å². The maximum Gasteiger partial charge on any atom is 0.259 e. The summed E-state index contributed by atoms with van der Waals surface area (Å²) in [5.74, 6) is 1.20. The van der Waals surface area contributed by atoms with Crippen LogP contribution in [0, 0.1) is 13.8 Å². The number of hydrogen-bond acceptors (Lipinski definition) is 5. The lowest BCUT2D eigenvalue weighted by Crippen LogP contribution is -2.12. The summed E-state index contributed by atoms with van der Waals surface area (Å²) in [7, 11) is 0. The number of carbonyl (C=O) groups excluding carboxylic acids is 1. The number of hydrogen-bond donors (Lipinski definition) is 1. The van der Waals surface area contributed by atoms with Crippen molar-refractivity contribution in [3.05, 3.63) is 77.7 Å². The fourth-order valence-electron chi connectivity index (χ4n) is 2.81. The fraction of sp³-hybridized carbons (Fsp3) is 0.0952. The van der Waals surface area contributed by atoms with Gasteiger partial charge < -0.3 is 14.2 Å². The van der Waals surface area contributed by atoms with Crippen LogP contribution in [0.25, 0.3) is 22.9 Å². The Kier molecular flexibility index (Phi) is 4.30. The van der Waals surface area contributed by atoms with Gasteiger partial charge in [0.05, 0.1) is 11.8 Å². The number of aromatic nitrogens is 2. The largest absolute Gasteiger partial charge is 0.469 e. The molecule has 6 nitrogen and oxygen atoms in total. The van der Waals surface area contributed by atoms with Crippen LogP contribution in [0.2, 0.25) is 0 Å². The van der Waals surface area contributed by atoms with Crippen LogP contribution in [0.4, 0.5) is 5.69 Å². The van der Waals surface area contributed by atoms with Crippen LogP contribution in [-0.4, -0.2) is 16.1 Å². The highest BCUT2D eigenvalue weighted by molar-refractivity contribution is 6.05. The van der Waals surface area contributed by atoms with Crippen molar-refractivity contribution in [2.75, 3.05) is 5.32 Å². The number of nitrogens with zero attached hydrogens (tertiary/aromatic N) is 2. The normalized spacial score (nSPS) is 10.7. The highest BCUT2D eigenvalue weighted by Crippen LogP contribution is 2.27. The second kappa shape index (κ2) is 6.92. The molecule has 0 unspecified atom stereocenters. The van der Waals surface area contributed by atoms with E-state index < -0.39 is 0 Å². The molecule has 0 saturated heterocycles. The molecular weight excluding hydrogens is 342 g/mol. The lowest BCUT2D eigenvalue weighted by Gasteiger charge is -2.05. The highest BCUT2D eigenvalue weighted by atomic mass is 16.4. The predicted molar refractivity (Wildman–Crippen MR) is 101 cm³/mol. The third-order valence-electron chi connectivity index (χ3n) is 4.27. The molecule has 0 spiro atoms. The molecule has 2 aromatic heterocycles. The fourth-order valence-corrected chi connectivity index (χ4v) is 2.81. The minimum Gasteiger partial charge on any atom is -0.469 e. The molecule has 27 heavy (non-hydrogen) atoms. The minimum absolute atomic E-state index is 0.232. The molecule has 0 bridgehead atoms. The summed E-state index contributed by atoms with van der Waals surface area (Å²) >= 11 is 0. The SMILES string of the molecule is Cc1ccccc1-c1nnc(-c2cccc(NC(=O)c3ccoc3C)c2)o1. The first-order valence-corrected chi connectivity index (χ1v) is 8.47. The van der Waals surface area contributed by atoms with E-state index in [-0.39, 0.29) is 5.91 Å². The number of nitrogens with one attached hydrogen (secondary N) is 1. The average Bonchev–Trinajstić information content (AvgIpc) is 3.31. The molecule has 0 aliphatic carbocycles. The monoisotopic (exact) mass is 359 g/mol. The molecule has 4 rings (SSSR count). The van der Waals surface area contributed by atoms with Gasteiger partial charge in [-0.15, -0.1) is 10.2 Å². The van der Waals surface area contributed by atoms with Crippen molar-refractivity contribution < 1.29 is 13.6 Å². The number of rotatable bonds is 4. The first-order chi connectivity index (χ1) is 13.1. The van der Waals surface area contributed by atoms with Gasteiger partial charge in [0.15, 0.2) is 0 Å². The lowest BCUT2D eigenvalue weighted by molar-refractivity contribution is 0.102. The van der Waals surface area contributed by atoms with E-state index in [0.29, 0.717) is 28.8 Å². The molecule has 0 atom stereocenters. The molecule has 6 heteroatoms. The summed E-state index contributed by atoms with van der Waals surface area (Å²) in [6, 6.07) is 16.7. The van der Waals surface area contributed by atoms with Crippen molar-refractivity contribution in [1.29, 1.82) is 0 Å². The Morgan fingerprint density at radius 3 is 2.56 bits per heavy atom. The van der Waals surface area contributed by atoms with Gasteiger partial charge >= 0.3 is 0 Å². The molecule has 0 aliphatic rings. The molecule has 0 saturated carbocycles. The Balaban J connectivity index is 1.59. The molecule has 1 amide bonds. The zero-order valence-corrected chi connectivity index (χ0v) is 14.9. The van der Waals surface area contributed by atoms with Crippen LogP contribution in [0.5, 0.6) is 0 Å². The van der Waals surface area contributed by atoms with Crippen LogP contribution in [0.15, 0.2) is 69.7 Å². The minimum atomic E-state index is -0.232. The van der Waals surface area contributed by atoms with Crippen molar-refractivity contribution >= 4 is 11.6 Å². The summed E-state index contributed by atoms with van der Waals surface area (Å²) in [6.45, 7) is 3.74. The first kappa shape index (κ1) is 16.8. The number of aryl methyl sites for hydroxylation is 2. The van der Waals surface area contributed by atoms with Crippen LogP contribution in [-0.2, 0) is 0 Å². The molecule has 0 radical (unpaired) electrons. The number of amides is 1. The predicted octanol–water partition coefficient (Wildman–Crippen LogP) is 4.87. The Morgan fingerprint density at radius 1 is 0.963 bits per heavy atom. The summed E-state index contributed by atoms with van der Waals surface area (Å²) in [6.07, 6.45) is 1.49. The quantitative estimate of drug-likeness (QED) is 0.562. The first-order valence-electron chi connectivity index (χ1n) is 8.47. The van der Waals surface area contributed by atoms with Gasteiger partial charge in [-0.1, -0.05) is 24.3 Å². The number of furan rings is 1. The van der Waals surface area contributed by atoms with Crippen molar-refractivity contribution in [2.24, 2.45) is 0 Å². The Morgan fingerprint density at radius 2 is 1.78 bits per heavy atom. The standard InChI is InChI=1S/C21H17N3O3/c1-13-6-3-4-9-17(13)21-24-23-20(27-21)15-7-5-8-16(12-15)22-19(25)18-10-11-26-14(18)2/h3-12H,1-2H3,(H,22,25). The maximum absolute atomic E-state index is 12.3. The van der Waals surface area contributed by atoms with Gasteiger partial charge in [-0.05, 0) is 49.7 Å². The molecule has 2 heterocycles. The van der Waals surface area contributed by atoms with E-state index in [4.69, 9.17) is 8.83 Å². The second-order valence-electron chi connectivity index (χ2n) is 6.15. The summed E-state index contributed by atoms with van der Waals surface area (Å²) in [5, 5.41) is 11.1. The number of benzene rings is 2. The van der Waals surface area contributed by atoms with E-state index in [9.17, 15) is 4.79 Å². The molecular formula is C21H17N3O3. The van der Waals surface area contributed by atoms with E-state index in [1.165, 1.54) is 6.26 Å². The summed E-state index contributed by atoms with van der Waals surface area (Å²) < 4.78 is 11.0. The van der Waals surface area contributed by atoms with Crippen LogP contribution < -0.4 is 5.32 Å². The van der Waals surface area contributed by atoms with Gasteiger partial charge in [-0.25, -0.2) is 0 Å². The van der Waals surface area contributed by atoms with Gasteiger partial charge in [0.1, 0.15) is 5.76 Å². The van der Waals surface area contributed by atoms with Gasteiger partial charge in [-0.3, -0.25) is 4.79 Å². The smallest absolute Gasteiger partial charge is 0.259 e. The second-order valence-corrected chi connectivity index (χ2v) is 6.15. The van der Waals surface area contributed by atoms with Crippen molar-refractivity contribution in [3.8, 4) is 22.9 Å². The molecule has 0 fully saturated rings. The Bertz CT molecular complexity index is 1110. The highest BCUT2D eigenvalue weighted by Gasteiger charge is 2.14. The van der Waals surface area contributed by atoms with Gasteiger partial charge in [0.2, 0.25) is 11.8 Å². The van der Waals surface area contributed by atoms with E-state index in [0.717, 1.165) is 16.7 Å². The topological polar surface area (TPSA) is 81.2 Å². The third-order valence-corrected chi connectivity index (χ3v) is 4.27. The van der Waals surface area contributed by atoms with Gasteiger partial charge in [-0.2, -0.15) is 0 Å². The summed E-state index contributed by atoms with van der Waals surface area (Å²) in [4.78, 5) is 12.3. The molecule has 0 aliphatic heterocycles. The summed E-state index contributed by atoms with van der Waals surface area (Å²) in [5.41, 5.74) is 3.82. The Hall–Kier alpha value is -3.67. The lowest BCUT2D eigenvalue weighted by atomic mass is 10.1. The van der Waals surface area contributed by atoms with E-state index >= 15 is 0 Å². The van der Waals surface area contributed by atoms with Gasteiger partial charge in [0.25, 0.3) is 5.91 Å². The Labute approximate surface area is 155 Å². The molecule has 2 aromatic carbocycles. The van der Waals surface area contributed by atoms with E-state index in [1.54, 1.807) is 25.1 Å². The average molecular weight is 359 g/mol. The van der Waals surface area contributed by atoms with Crippen LogP contribution >= 0.6 is 0 Å². The van der Waals surface area contributed by atoms with Crippen LogP contribution in [0.1, 0.15) is 21.7 Å². The molecule has 1 N–H and O–H groups in total. The van der Waals surface area contributed by atoms with Gasteiger partial charge in [0, 0.05) is 16.8 Å². The molecule has 134 valence electrons. The number of carbonyl (C=O) groups is 1. The molecule has 4 aromatic rings. The van der Waals surface area contributed by atoms with Crippen molar-refractivity contribution in [3.63, 3.8) is 0 Å². The van der Waals surface area contributed by atoms with E-state index in [1.807, 2.05) is 43.3 Å². The third kappa shape index (κ3) is 3.37. The van der Waals surface area contributed by atoms with Crippen molar-refractivity contribution in [1.82, 2.24) is 10.2 Å². The zero-order valence-electron chi connectivity index (χ0n) is 14.9. The van der Waals surface area contributed by atoms with Crippen molar-refractivity contribution in [2.45, 2.75) is 13.8 Å².